The molecule has 0 aliphatic carbocycles. The number of nitro groups is 1. The first kappa shape index (κ1) is 10.8. The number of carbonyl (C=O) groups is 1. The highest BCUT2D eigenvalue weighted by Gasteiger charge is 2.17. The van der Waals surface area contributed by atoms with Crippen molar-refractivity contribution in [3.8, 4) is 5.75 Å². The van der Waals surface area contributed by atoms with Crippen molar-refractivity contribution in [2.75, 3.05) is 11.9 Å². The molecule has 0 fully saturated rings. The van der Waals surface area contributed by atoms with Gasteiger partial charge in [0.1, 0.15) is 5.75 Å². The van der Waals surface area contributed by atoms with Crippen LogP contribution in [-0.2, 0) is 0 Å². The fourth-order valence-corrected chi connectivity index (χ4v) is 0.997. The van der Waals surface area contributed by atoms with Crippen molar-refractivity contribution in [2.24, 2.45) is 0 Å². The molecule has 0 bridgehead atoms. The number of carboxylic acid groups (broad SMARTS) is 1. The fourth-order valence-electron chi connectivity index (χ4n) is 0.997. The van der Waals surface area contributed by atoms with Crippen LogP contribution in [-0.4, -0.2) is 28.3 Å². The van der Waals surface area contributed by atoms with Crippen LogP contribution >= 0.6 is 0 Å². The summed E-state index contributed by atoms with van der Waals surface area (Å²) in [4.78, 5) is 21.0. The summed E-state index contributed by atoms with van der Waals surface area (Å²) in [6.07, 6.45) is -1.31. The lowest BCUT2D eigenvalue weighted by Gasteiger charge is -2.13. The van der Waals surface area contributed by atoms with E-state index in [0.29, 0.717) is 4.90 Å². The van der Waals surface area contributed by atoms with Gasteiger partial charge in [-0.05, 0) is 6.07 Å². The summed E-state index contributed by atoms with van der Waals surface area (Å²) in [5.74, 6) is -0.328. The van der Waals surface area contributed by atoms with Crippen molar-refractivity contribution in [3.05, 3.63) is 28.3 Å². The summed E-state index contributed by atoms with van der Waals surface area (Å²) in [6, 6.07) is 3.16. The number of amides is 1. The number of nitro benzene ring substituents is 1. The van der Waals surface area contributed by atoms with Crippen molar-refractivity contribution in [3.63, 3.8) is 0 Å². The van der Waals surface area contributed by atoms with Crippen LogP contribution in [0.1, 0.15) is 0 Å². The first-order valence-electron chi connectivity index (χ1n) is 3.87. The van der Waals surface area contributed by atoms with E-state index in [1.165, 1.54) is 7.05 Å². The number of aromatic hydroxyl groups is 1. The second-order valence-electron chi connectivity index (χ2n) is 2.77. The second kappa shape index (κ2) is 3.82. The molecule has 0 saturated heterocycles. The highest BCUT2D eigenvalue weighted by Crippen LogP contribution is 2.30. The van der Waals surface area contributed by atoms with Gasteiger partial charge in [-0.25, -0.2) is 4.79 Å². The third-order valence-electron chi connectivity index (χ3n) is 1.82. The molecule has 1 aromatic rings. The van der Waals surface area contributed by atoms with Crippen LogP contribution in [0.2, 0.25) is 0 Å². The van der Waals surface area contributed by atoms with Crippen LogP contribution in [0, 0.1) is 10.1 Å². The minimum atomic E-state index is -1.31. The Labute approximate surface area is 84.3 Å². The number of phenols is 1. The Bertz CT molecular complexity index is 417. The Balaban J connectivity index is 3.22. The molecular formula is C8H8N2O5. The normalized spacial score (nSPS) is 9.67. The second-order valence-corrected chi connectivity index (χ2v) is 2.77. The summed E-state index contributed by atoms with van der Waals surface area (Å²) in [5.41, 5.74) is -0.410. The zero-order chi connectivity index (χ0) is 11.6. The van der Waals surface area contributed by atoms with Crippen LogP contribution in [0.5, 0.6) is 5.75 Å². The van der Waals surface area contributed by atoms with E-state index in [2.05, 4.69) is 0 Å². The van der Waals surface area contributed by atoms with Gasteiger partial charge in [0.15, 0.2) is 0 Å². The summed E-state index contributed by atoms with van der Waals surface area (Å²) in [5, 5.41) is 28.4. The SMILES string of the molecule is CN(C(=O)O)c1cc([N+](=O)[O-])ccc1O. The fraction of sp³-hybridized carbons (Fsp3) is 0.125. The lowest BCUT2D eigenvalue weighted by molar-refractivity contribution is -0.384. The molecular weight excluding hydrogens is 204 g/mol. The predicted octanol–water partition coefficient (Wildman–Crippen LogP) is 1.41. The molecule has 1 amide bonds. The average molecular weight is 212 g/mol. The molecule has 1 aromatic carbocycles. The summed E-state index contributed by atoms with van der Waals surface area (Å²) in [7, 11) is 1.18. The van der Waals surface area contributed by atoms with Crippen LogP contribution in [0.3, 0.4) is 0 Å². The molecule has 80 valence electrons. The molecule has 0 saturated carbocycles. The molecule has 1 rings (SSSR count). The number of hydrogen-bond donors (Lipinski definition) is 2. The van der Waals surface area contributed by atoms with Crippen LogP contribution in [0.15, 0.2) is 18.2 Å². The van der Waals surface area contributed by atoms with Gasteiger partial charge in [0.25, 0.3) is 5.69 Å². The van der Waals surface area contributed by atoms with Gasteiger partial charge in [-0.15, -0.1) is 0 Å². The Morgan fingerprint density at radius 1 is 1.53 bits per heavy atom. The molecule has 15 heavy (non-hydrogen) atoms. The predicted molar refractivity (Wildman–Crippen MR) is 51.2 cm³/mol. The first-order chi connectivity index (χ1) is 6.93. The van der Waals surface area contributed by atoms with E-state index in [0.717, 1.165) is 18.2 Å². The zero-order valence-electron chi connectivity index (χ0n) is 7.75. The quantitative estimate of drug-likeness (QED) is 0.569. The third-order valence-corrected chi connectivity index (χ3v) is 1.82. The van der Waals surface area contributed by atoms with E-state index in [4.69, 9.17) is 5.11 Å². The number of nitrogens with zero attached hydrogens (tertiary/aromatic N) is 2. The zero-order valence-corrected chi connectivity index (χ0v) is 7.75. The van der Waals surface area contributed by atoms with E-state index >= 15 is 0 Å². The van der Waals surface area contributed by atoms with Crippen LogP contribution in [0.25, 0.3) is 0 Å². The topological polar surface area (TPSA) is 104 Å². The first-order valence-corrected chi connectivity index (χ1v) is 3.87. The van der Waals surface area contributed by atoms with E-state index in [1.807, 2.05) is 0 Å². The number of rotatable bonds is 2. The Kier molecular flexibility index (Phi) is 2.75. The van der Waals surface area contributed by atoms with Gasteiger partial charge in [0, 0.05) is 19.2 Å². The highest BCUT2D eigenvalue weighted by molar-refractivity contribution is 5.88. The molecule has 0 radical (unpaired) electrons. The molecule has 0 heterocycles. The maximum Gasteiger partial charge on any atom is 0.411 e. The summed E-state index contributed by atoms with van der Waals surface area (Å²) in [6.45, 7) is 0. The van der Waals surface area contributed by atoms with Crippen LogP contribution < -0.4 is 4.90 Å². The number of benzene rings is 1. The number of anilines is 1. The van der Waals surface area contributed by atoms with Gasteiger partial charge in [0.2, 0.25) is 0 Å². The molecule has 0 aliphatic rings. The van der Waals surface area contributed by atoms with Gasteiger partial charge < -0.3 is 10.2 Å². The molecule has 0 spiro atoms. The van der Waals surface area contributed by atoms with Gasteiger partial charge in [-0.1, -0.05) is 0 Å². The number of phenolic OH excluding ortho intramolecular Hbond substituents is 1. The van der Waals surface area contributed by atoms with Crippen LogP contribution in [0.4, 0.5) is 16.2 Å². The lowest BCUT2D eigenvalue weighted by atomic mass is 10.2. The third kappa shape index (κ3) is 2.13. The van der Waals surface area contributed by atoms with Gasteiger partial charge in [-0.2, -0.15) is 0 Å². The monoisotopic (exact) mass is 212 g/mol. The van der Waals surface area contributed by atoms with Gasteiger partial charge in [-0.3, -0.25) is 15.0 Å². The minimum absolute atomic E-state index is 0.128. The van der Waals surface area contributed by atoms with Gasteiger partial charge in [0.05, 0.1) is 10.6 Å². The standard InChI is InChI=1S/C8H8N2O5/c1-9(8(12)13)6-4-5(10(14)15)2-3-7(6)11/h2-4,11H,1H3,(H,12,13). The van der Waals surface area contributed by atoms with Crippen molar-refractivity contribution in [1.82, 2.24) is 0 Å². The lowest BCUT2D eigenvalue weighted by Crippen LogP contribution is -2.23. The maximum atomic E-state index is 10.6. The number of hydrogen-bond acceptors (Lipinski definition) is 4. The summed E-state index contributed by atoms with van der Waals surface area (Å²) < 4.78 is 0. The van der Waals surface area contributed by atoms with Crippen molar-refractivity contribution in [1.29, 1.82) is 0 Å². The smallest absolute Gasteiger partial charge is 0.411 e. The average Bonchev–Trinajstić information content (AvgIpc) is 2.16. The Morgan fingerprint density at radius 2 is 2.13 bits per heavy atom. The van der Waals surface area contributed by atoms with E-state index in [-0.39, 0.29) is 17.1 Å². The van der Waals surface area contributed by atoms with E-state index in [9.17, 15) is 20.0 Å². The molecule has 7 heteroatoms. The molecule has 2 N–H and O–H groups in total. The van der Waals surface area contributed by atoms with Crippen molar-refractivity contribution >= 4 is 17.5 Å². The number of non-ortho nitro benzene ring substituents is 1. The van der Waals surface area contributed by atoms with Gasteiger partial charge >= 0.3 is 6.09 Å². The maximum absolute atomic E-state index is 10.6. The van der Waals surface area contributed by atoms with E-state index in [1.54, 1.807) is 0 Å². The van der Waals surface area contributed by atoms with E-state index < -0.39 is 11.0 Å². The summed E-state index contributed by atoms with van der Waals surface area (Å²) >= 11 is 0. The highest BCUT2D eigenvalue weighted by atomic mass is 16.6. The molecule has 0 aliphatic heterocycles. The Hall–Kier alpha value is -2.31. The molecule has 0 atom stereocenters. The largest absolute Gasteiger partial charge is 0.506 e. The molecule has 0 aromatic heterocycles. The Morgan fingerprint density at radius 3 is 2.60 bits per heavy atom. The molecule has 7 nitrogen and oxygen atoms in total. The minimum Gasteiger partial charge on any atom is -0.506 e. The molecule has 0 unspecified atom stereocenters. The van der Waals surface area contributed by atoms with Crippen molar-refractivity contribution in [2.45, 2.75) is 0 Å². The van der Waals surface area contributed by atoms with Crippen molar-refractivity contribution < 1.29 is 19.9 Å².